The van der Waals surface area contributed by atoms with Gasteiger partial charge >= 0.3 is 0 Å². The van der Waals surface area contributed by atoms with Gasteiger partial charge in [0.05, 0.1) is 0 Å². The molecule has 8 aromatic heterocycles. The second-order valence-corrected chi connectivity index (χ2v) is 31.8. The third kappa shape index (κ3) is 23.2. The van der Waals surface area contributed by atoms with Crippen molar-refractivity contribution in [2.24, 2.45) is 25.4 Å². The Morgan fingerprint density at radius 2 is 0.812 bits per heavy atom. The lowest BCUT2D eigenvalue weighted by atomic mass is 9.88. The van der Waals surface area contributed by atoms with Crippen LogP contribution in [-0.4, -0.2) is 39.0 Å². The molecule has 1 unspecified atom stereocenters. The van der Waals surface area contributed by atoms with Gasteiger partial charge in [0, 0.05) is 172 Å². The predicted octanol–water partition coefficient (Wildman–Crippen LogP) is 29.2. The molecule has 0 fully saturated rings. The number of aryl methyl sites for hydroxylation is 7. The van der Waals surface area contributed by atoms with Gasteiger partial charge in [-0.3, -0.25) is 0 Å². The number of H-pyrrole nitrogens is 6. The first-order valence-corrected chi connectivity index (χ1v) is 40.2. The van der Waals surface area contributed by atoms with E-state index in [1.807, 2.05) is 49.1 Å². The van der Waals surface area contributed by atoms with Gasteiger partial charge in [0.2, 0.25) is 0 Å². The van der Waals surface area contributed by atoms with Gasteiger partial charge in [-0.15, -0.1) is 5.92 Å². The number of nitrogens with one attached hydrogen (secondary N) is 6. The van der Waals surface area contributed by atoms with Gasteiger partial charge in [0.25, 0.3) is 0 Å². The zero-order chi connectivity index (χ0) is 80.9. The van der Waals surface area contributed by atoms with Gasteiger partial charge in [0.1, 0.15) is 29.1 Å². The predicted molar refractivity (Wildman–Crippen MR) is 469 cm³/mol. The molecule has 0 amide bonds. The Labute approximate surface area is 672 Å². The van der Waals surface area contributed by atoms with Gasteiger partial charge in [-0.1, -0.05) is 143 Å². The van der Waals surface area contributed by atoms with Crippen molar-refractivity contribution in [3.8, 4) is 11.8 Å². The van der Waals surface area contributed by atoms with Crippen molar-refractivity contribution in [1.82, 2.24) is 39.0 Å². The molecule has 0 bridgehead atoms. The Morgan fingerprint density at radius 1 is 0.411 bits per heavy atom. The zero-order valence-corrected chi connectivity index (χ0v) is 69.7. The SMILES string of the molecule is CC#Cc1c[nH]c2ccc(F)cc12.CC(C)(C)Cc1c[nH]c2ccc(F)cc12.CC(C)Cc1c[nH]c2ccc(F)cc12.CCC(C)c1c[nH]c2ccc(F)cc12.CCCCc1c[nH]c2ccc(F)cc12.CCCc1c[nH]c2c(C)cc(Cl)cc12.CCCc1cn(C)c2ccc(Cl)cc12.CCCc1cn(C)c2ccc(Cl)cc12. The van der Waals surface area contributed by atoms with E-state index in [0.717, 1.165) is 127 Å². The van der Waals surface area contributed by atoms with Crippen LogP contribution in [-0.2, 0) is 52.6 Å². The van der Waals surface area contributed by atoms with Crippen molar-refractivity contribution in [2.45, 2.75) is 173 Å². The minimum absolute atomic E-state index is 0.158. The molecule has 16 rings (SSSR count). The smallest absolute Gasteiger partial charge is 0.124 e. The van der Waals surface area contributed by atoms with E-state index in [1.165, 1.54) is 139 Å². The van der Waals surface area contributed by atoms with Gasteiger partial charge in [0.15, 0.2) is 0 Å². The van der Waals surface area contributed by atoms with E-state index in [-0.39, 0.29) is 34.5 Å². The normalized spacial score (nSPS) is 11.4. The monoisotopic (exact) mass is 1570 g/mol. The van der Waals surface area contributed by atoms with Crippen molar-refractivity contribution < 1.29 is 22.0 Å². The van der Waals surface area contributed by atoms with Crippen LogP contribution in [0.1, 0.15) is 178 Å². The second-order valence-electron chi connectivity index (χ2n) is 30.5. The number of fused-ring (bicyclic) bond motifs is 8. The van der Waals surface area contributed by atoms with E-state index < -0.39 is 0 Å². The van der Waals surface area contributed by atoms with Gasteiger partial charge in [-0.2, -0.15) is 0 Å². The minimum Gasteiger partial charge on any atom is -0.361 e. The average Bonchev–Trinajstić information content (AvgIpc) is 1.66. The average molecular weight is 1580 g/mol. The van der Waals surface area contributed by atoms with E-state index in [9.17, 15) is 22.0 Å². The van der Waals surface area contributed by atoms with E-state index in [2.05, 4.69) is 191 Å². The molecule has 588 valence electrons. The molecular formula is C96H108Cl3F5N8. The standard InChI is InChI=1S/C13H16FN.3C12H14ClN.3C12H14FN.C11H8FN/c1-13(2,3)7-9-8-15-12-5-4-10(14)6-11(9)12;1-3-4-9-7-14-12-8(2)5-10(13)6-11(9)12;2*1-3-4-9-8-14(2)12-6-5-10(13)7-11(9)12;1-8(2)5-9-7-14-12-4-3-10(13)6-11(9)12;1-3-8(2)11-7-14-12-5-4-9(13)6-10(11)12;1-2-3-4-9-8-14-12-6-5-10(13)7-11(9)12;1-2-3-8-7-13-11-5-4-9(12)6-10(8)11/h4-6,8,15H,7H2,1-3H3;5-7,14H,3-4H2,1-2H3;2*5-8H,3-4H2,1-2H3;3-4,6-8,14H,5H2,1-2H3;4-8,14H,3H2,1-2H3;5-8,14H,2-4H2,1H3;4-7,13H,1H3. The van der Waals surface area contributed by atoms with Crippen molar-refractivity contribution in [1.29, 1.82) is 0 Å². The Kier molecular flexibility index (Phi) is 31.2. The molecule has 0 aliphatic rings. The third-order valence-electron chi connectivity index (χ3n) is 19.7. The summed E-state index contributed by atoms with van der Waals surface area (Å²) >= 11 is 18.0. The van der Waals surface area contributed by atoms with E-state index in [0.29, 0.717) is 11.8 Å². The number of aromatic amines is 6. The summed E-state index contributed by atoms with van der Waals surface area (Å²) in [6.07, 6.45) is 29.4. The summed E-state index contributed by atoms with van der Waals surface area (Å²) in [5.74, 6) is 5.88. The van der Waals surface area contributed by atoms with Crippen LogP contribution in [0.25, 0.3) is 87.2 Å². The quantitative estimate of drug-likeness (QED) is 0.0461. The van der Waals surface area contributed by atoms with Crippen LogP contribution in [0.5, 0.6) is 0 Å². The summed E-state index contributed by atoms with van der Waals surface area (Å²) in [6.45, 7) is 27.8. The summed E-state index contributed by atoms with van der Waals surface area (Å²) in [6, 6.07) is 40.4. The van der Waals surface area contributed by atoms with Crippen LogP contribution >= 0.6 is 34.8 Å². The fourth-order valence-corrected chi connectivity index (χ4v) is 14.8. The van der Waals surface area contributed by atoms with Crippen molar-refractivity contribution in [2.75, 3.05) is 0 Å². The van der Waals surface area contributed by atoms with E-state index in [4.69, 9.17) is 34.8 Å². The lowest BCUT2D eigenvalue weighted by Gasteiger charge is -2.17. The highest BCUT2D eigenvalue weighted by Gasteiger charge is 2.16. The number of rotatable bonds is 14. The maximum absolute atomic E-state index is 13.1. The molecule has 0 aliphatic heterocycles. The largest absolute Gasteiger partial charge is 0.361 e. The fraction of sp³-hybridized carbons (Fsp3) is 0.312. The van der Waals surface area contributed by atoms with Crippen LogP contribution < -0.4 is 0 Å². The van der Waals surface area contributed by atoms with Crippen LogP contribution in [0.3, 0.4) is 0 Å². The zero-order valence-electron chi connectivity index (χ0n) is 67.5. The molecule has 16 aromatic rings. The first kappa shape index (κ1) is 86.1. The number of halogens is 8. The minimum atomic E-state index is -0.230. The van der Waals surface area contributed by atoms with Crippen LogP contribution in [0.4, 0.5) is 22.0 Å². The lowest BCUT2D eigenvalue weighted by molar-refractivity contribution is 0.412. The number of unbranched alkanes of at least 4 members (excludes halogenated alkanes) is 1. The van der Waals surface area contributed by atoms with Gasteiger partial charge in [-0.25, -0.2) is 22.0 Å². The molecule has 6 N–H and O–H groups in total. The molecule has 0 saturated carbocycles. The van der Waals surface area contributed by atoms with E-state index >= 15 is 0 Å². The Bertz CT molecular complexity index is 5700. The maximum Gasteiger partial charge on any atom is 0.124 e. The molecule has 0 aliphatic carbocycles. The van der Waals surface area contributed by atoms with Crippen molar-refractivity contribution >= 4 is 122 Å². The molecule has 8 heterocycles. The number of hydrogen-bond acceptors (Lipinski definition) is 0. The number of benzene rings is 8. The molecule has 8 aromatic carbocycles. The van der Waals surface area contributed by atoms with Crippen LogP contribution in [0.2, 0.25) is 15.1 Å². The summed E-state index contributed by atoms with van der Waals surface area (Å²) in [5.41, 5.74) is 20.0. The van der Waals surface area contributed by atoms with Crippen LogP contribution in [0.15, 0.2) is 189 Å². The molecule has 0 spiro atoms. The summed E-state index contributed by atoms with van der Waals surface area (Å²) in [4.78, 5) is 19.0. The van der Waals surface area contributed by atoms with Crippen molar-refractivity contribution in [3.05, 3.63) is 283 Å². The molecule has 112 heavy (non-hydrogen) atoms. The number of aromatic nitrogens is 8. The second kappa shape index (κ2) is 40.6. The number of hydrogen-bond donors (Lipinski definition) is 6. The number of nitrogens with zero attached hydrogens (tertiary/aromatic N) is 2. The highest BCUT2D eigenvalue weighted by atomic mass is 35.5. The first-order chi connectivity index (χ1) is 53.6. The first-order valence-electron chi connectivity index (χ1n) is 39.1. The third-order valence-corrected chi connectivity index (χ3v) is 20.4. The summed E-state index contributed by atoms with van der Waals surface area (Å²) < 4.78 is 69.4. The highest BCUT2D eigenvalue weighted by Crippen LogP contribution is 2.33. The lowest BCUT2D eigenvalue weighted by Crippen LogP contribution is -2.08. The van der Waals surface area contributed by atoms with Gasteiger partial charge in [-0.05, 0) is 266 Å². The Hall–Kier alpha value is -9.84. The Morgan fingerprint density at radius 3 is 1.29 bits per heavy atom. The molecule has 16 heteroatoms. The maximum atomic E-state index is 13.1. The van der Waals surface area contributed by atoms with Gasteiger partial charge < -0.3 is 39.0 Å². The van der Waals surface area contributed by atoms with Crippen LogP contribution in [0, 0.1) is 59.2 Å². The fourth-order valence-electron chi connectivity index (χ4n) is 14.2. The summed E-state index contributed by atoms with van der Waals surface area (Å²) in [5, 5.41) is 11.2. The molecular weight excluding hydrogens is 1470 g/mol. The summed E-state index contributed by atoms with van der Waals surface area (Å²) in [7, 11) is 4.16. The highest BCUT2D eigenvalue weighted by molar-refractivity contribution is 6.32. The molecule has 1 atom stereocenters. The van der Waals surface area contributed by atoms with Crippen molar-refractivity contribution in [3.63, 3.8) is 0 Å². The Balaban J connectivity index is 0.000000147. The van der Waals surface area contributed by atoms with E-state index in [1.54, 1.807) is 67.7 Å². The topological polar surface area (TPSA) is 105 Å². The molecule has 0 radical (unpaired) electrons. The molecule has 8 nitrogen and oxygen atoms in total. The molecule has 0 saturated heterocycles.